The van der Waals surface area contributed by atoms with Gasteiger partial charge in [-0.3, -0.25) is 4.79 Å². The van der Waals surface area contributed by atoms with Gasteiger partial charge < -0.3 is 15.4 Å². The minimum Gasteiger partial charge on any atom is -0.465 e. The summed E-state index contributed by atoms with van der Waals surface area (Å²) < 4.78 is 4.63. The number of carbonyl (C=O) groups is 2. The van der Waals surface area contributed by atoms with Crippen LogP contribution in [0.4, 0.5) is 11.4 Å². The average Bonchev–Trinajstić information content (AvgIpc) is 2.79. The van der Waals surface area contributed by atoms with Crippen LogP contribution in [-0.4, -0.2) is 30.9 Å². The Morgan fingerprint density at radius 2 is 2.32 bits per heavy atom. The molecule has 1 aliphatic heterocycles. The molecular formula is C13H15BrN2O3. The molecule has 2 N–H and O–H groups in total. The number of amides is 1. The van der Waals surface area contributed by atoms with Crippen molar-refractivity contribution in [3.63, 3.8) is 0 Å². The summed E-state index contributed by atoms with van der Waals surface area (Å²) in [4.78, 5) is 25.0. The van der Waals surface area contributed by atoms with E-state index in [0.717, 1.165) is 5.33 Å². The van der Waals surface area contributed by atoms with E-state index in [1.807, 2.05) is 0 Å². The number of alkyl halides is 1. The molecule has 1 amide bonds. The number of carbonyl (C=O) groups excluding carboxylic acids is 2. The van der Waals surface area contributed by atoms with Crippen molar-refractivity contribution in [1.82, 2.24) is 0 Å². The molecule has 1 heterocycles. The van der Waals surface area contributed by atoms with Gasteiger partial charge in [-0.05, 0) is 24.1 Å². The van der Waals surface area contributed by atoms with Crippen LogP contribution in [0, 0.1) is 5.92 Å². The Hall–Kier alpha value is -1.56. The third-order valence-electron chi connectivity index (χ3n) is 3.16. The molecule has 5 nitrogen and oxygen atoms in total. The highest BCUT2D eigenvalue weighted by molar-refractivity contribution is 9.09. The van der Waals surface area contributed by atoms with E-state index in [4.69, 9.17) is 5.73 Å². The van der Waals surface area contributed by atoms with E-state index in [1.54, 1.807) is 17.0 Å². The van der Waals surface area contributed by atoms with Gasteiger partial charge in [-0.25, -0.2) is 4.79 Å². The first-order chi connectivity index (χ1) is 9.06. The van der Waals surface area contributed by atoms with Gasteiger partial charge in [-0.15, -0.1) is 0 Å². The Kier molecular flexibility index (Phi) is 4.09. The predicted octanol–water partition coefficient (Wildman–Crippen LogP) is 1.80. The molecule has 1 saturated heterocycles. The molecule has 2 rings (SSSR count). The second-order valence-corrected chi connectivity index (χ2v) is 5.14. The fourth-order valence-electron chi connectivity index (χ4n) is 2.16. The van der Waals surface area contributed by atoms with Gasteiger partial charge in [0.1, 0.15) is 0 Å². The van der Waals surface area contributed by atoms with Crippen LogP contribution in [0.1, 0.15) is 16.8 Å². The smallest absolute Gasteiger partial charge is 0.337 e. The number of nitrogen functional groups attached to an aromatic ring is 1. The lowest BCUT2D eigenvalue weighted by molar-refractivity contribution is -0.117. The number of halogens is 1. The molecule has 0 aliphatic carbocycles. The molecule has 0 radical (unpaired) electrons. The number of ether oxygens (including phenoxy) is 1. The Bertz CT molecular complexity index is 519. The zero-order valence-corrected chi connectivity index (χ0v) is 12.1. The van der Waals surface area contributed by atoms with Gasteiger partial charge in [0.25, 0.3) is 0 Å². The van der Waals surface area contributed by atoms with Crippen molar-refractivity contribution in [2.75, 3.05) is 29.6 Å². The fourth-order valence-corrected chi connectivity index (χ4v) is 2.60. The minimum absolute atomic E-state index is 0.0574. The number of hydrogen-bond donors (Lipinski definition) is 1. The number of rotatable bonds is 3. The first-order valence-corrected chi connectivity index (χ1v) is 7.03. The van der Waals surface area contributed by atoms with Gasteiger partial charge in [0.05, 0.1) is 24.0 Å². The van der Waals surface area contributed by atoms with Crippen molar-refractivity contribution >= 4 is 39.2 Å². The SMILES string of the molecule is COC(=O)c1ccc(N2CC(CBr)CC2=O)c(N)c1. The van der Waals surface area contributed by atoms with Crippen LogP contribution in [-0.2, 0) is 9.53 Å². The lowest BCUT2D eigenvalue weighted by Gasteiger charge is -2.19. The molecule has 1 aromatic carbocycles. The van der Waals surface area contributed by atoms with Crippen molar-refractivity contribution in [1.29, 1.82) is 0 Å². The lowest BCUT2D eigenvalue weighted by atomic mass is 10.1. The summed E-state index contributed by atoms with van der Waals surface area (Å²) in [5.74, 6) is -0.0847. The second kappa shape index (κ2) is 5.61. The summed E-state index contributed by atoms with van der Waals surface area (Å²) in [6.45, 7) is 0.645. The normalized spacial score (nSPS) is 18.7. The maximum Gasteiger partial charge on any atom is 0.337 e. The summed E-state index contributed by atoms with van der Waals surface area (Å²) in [5.41, 5.74) is 7.37. The van der Waals surface area contributed by atoms with Crippen molar-refractivity contribution in [2.24, 2.45) is 5.92 Å². The van der Waals surface area contributed by atoms with E-state index in [2.05, 4.69) is 20.7 Å². The summed E-state index contributed by atoms with van der Waals surface area (Å²) in [6, 6.07) is 4.85. The maximum atomic E-state index is 11.9. The van der Waals surface area contributed by atoms with Gasteiger partial charge in [-0.1, -0.05) is 15.9 Å². The molecule has 6 heteroatoms. The van der Waals surface area contributed by atoms with Crippen molar-refractivity contribution in [3.8, 4) is 0 Å². The molecule has 0 bridgehead atoms. The zero-order chi connectivity index (χ0) is 14.0. The minimum atomic E-state index is -0.440. The van der Waals surface area contributed by atoms with Crippen LogP contribution in [0.15, 0.2) is 18.2 Å². The summed E-state index contributed by atoms with van der Waals surface area (Å²) in [5, 5.41) is 0.787. The molecule has 1 atom stereocenters. The number of anilines is 2. The van der Waals surface area contributed by atoms with Crippen LogP contribution in [0.25, 0.3) is 0 Å². The highest BCUT2D eigenvalue weighted by Gasteiger charge is 2.30. The van der Waals surface area contributed by atoms with Crippen molar-refractivity contribution in [2.45, 2.75) is 6.42 Å². The number of hydrogen-bond acceptors (Lipinski definition) is 4. The third-order valence-corrected chi connectivity index (χ3v) is 4.08. The zero-order valence-electron chi connectivity index (χ0n) is 10.6. The van der Waals surface area contributed by atoms with Crippen molar-refractivity contribution < 1.29 is 14.3 Å². The summed E-state index contributed by atoms with van der Waals surface area (Å²) in [7, 11) is 1.32. The average molecular weight is 327 g/mol. The van der Waals surface area contributed by atoms with Gasteiger partial charge in [-0.2, -0.15) is 0 Å². The van der Waals surface area contributed by atoms with Gasteiger partial charge in [0.2, 0.25) is 5.91 Å². The maximum absolute atomic E-state index is 11.9. The van der Waals surface area contributed by atoms with E-state index in [0.29, 0.717) is 35.8 Å². The number of nitrogens with two attached hydrogens (primary N) is 1. The van der Waals surface area contributed by atoms with E-state index in [-0.39, 0.29) is 5.91 Å². The Morgan fingerprint density at radius 3 is 2.84 bits per heavy atom. The second-order valence-electron chi connectivity index (χ2n) is 4.49. The number of methoxy groups -OCH3 is 1. The van der Waals surface area contributed by atoms with Crippen LogP contribution in [0.3, 0.4) is 0 Å². The molecule has 0 saturated carbocycles. The number of benzene rings is 1. The molecule has 19 heavy (non-hydrogen) atoms. The van der Waals surface area contributed by atoms with E-state index in [9.17, 15) is 9.59 Å². The molecule has 102 valence electrons. The molecule has 0 spiro atoms. The predicted molar refractivity (Wildman–Crippen MR) is 76.4 cm³/mol. The molecule has 0 aromatic heterocycles. The molecule has 1 unspecified atom stereocenters. The van der Waals surface area contributed by atoms with Crippen LogP contribution >= 0.6 is 15.9 Å². The first-order valence-electron chi connectivity index (χ1n) is 5.91. The van der Waals surface area contributed by atoms with Crippen LogP contribution < -0.4 is 10.6 Å². The van der Waals surface area contributed by atoms with Gasteiger partial charge >= 0.3 is 5.97 Å². The number of nitrogens with zero attached hydrogens (tertiary/aromatic N) is 1. The Morgan fingerprint density at radius 1 is 1.58 bits per heavy atom. The van der Waals surface area contributed by atoms with Crippen molar-refractivity contribution in [3.05, 3.63) is 23.8 Å². The fraction of sp³-hybridized carbons (Fsp3) is 0.385. The first kappa shape index (κ1) is 13.9. The Balaban J connectivity index is 2.27. The highest BCUT2D eigenvalue weighted by atomic mass is 79.9. The quantitative estimate of drug-likeness (QED) is 0.522. The van der Waals surface area contributed by atoms with Crippen LogP contribution in [0.5, 0.6) is 0 Å². The van der Waals surface area contributed by atoms with E-state index >= 15 is 0 Å². The third kappa shape index (κ3) is 2.73. The number of esters is 1. The van der Waals surface area contributed by atoms with E-state index < -0.39 is 5.97 Å². The molecule has 1 aromatic rings. The lowest BCUT2D eigenvalue weighted by Crippen LogP contribution is -2.25. The van der Waals surface area contributed by atoms with Crippen LogP contribution in [0.2, 0.25) is 0 Å². The topological polar surface area (TPSA) is 72.6 Å². The van der Waals surface area contributed by atoms with E-state index in [1.165, 1.54) is 13.2 Å². The van der Waals surface area contributed by atoms with Gasteiger partial charge in [0, 0.05) is 18.3 Å². The molecular weight excluding hydrogens is 312 g/mol. The van der Waals surface area contributed by atoms with Gasteiger partial charge in [0.15, 0.2) is 0 Å². The Labute approximate surface area is 119 Å². The summed E-state index contributed by atoms with van der Waals surface area (Å²) >= 11 is 3.39. The largest absolute Gasteiger partial charge is 0.465 e. The molecule has 1 fully saturated rings. The monoisotopic (exact) mass is 326 g/mol. The standard InChI is InChI=1S/C13H15BrN2O3/c1-19-13(18)9-2-3-11(10(15)5-9)16-7-8(6-14)4-12(16)17/h2-3,5,8H,4,6-7,15H2,1H3. The summed E-state index contributed by atoms with van der Waals surface area (Å²) in [6.07, 6.45) is 0.517. The molecule has 1 aliphatic rings. The highest BCUT2D eigenvalue weighted by Crippen LogP contribution is 2.31.